The number of hydrogen-bond donors (Lipinski definition) is 1. The van der Waals surface area contributed by atoms with Crippen LogP contribution in [0.3, 0.4) is 0 Å². The molecule has 1 N–H and O–H groups in total. The molecule has 0 radical (unpaired) electrons. The minimum Gasteiger partial charge on any atom is -0.342 e. The van der Waals surface area contributed by atoms with Crippen molar-refractivity contribution in [1.82, 2.24) is 0 Å². The van der Waals surface area contributed by atoms with Gasteiger partial charge in [0.1, 0.15) is 11.6 Å². The van der Waals surface area contributed by atoms with Crippen molar-refractivity contribution >= 4 is 22.7 Å². The summed E-state index contributed by atoms with van der Waals surface area (Å²) in [5.41, 5.74) is -2.10. The average Bonchev–Trinajstić information content (AvgIpc) is 2.48. The predicted molar refractivity (Wildman–Crippen MR) is 88.1 cm³/mol. The summed E-state index contributed by atoms with van der Waals surface area (Å²) in [6.07, 6.45) is 0. The highest BCUT2D eigenvalue weighted by Gasteiger charge is 2.30. The van der Waals surface area contributed by atoms with E-state index in [1.807, 2.05) is 0 Å². The molecule has 2 aromatic rings. The molecule has 0 spiro atoms. The fourth-order valence-corrected chi connectivity index (χ4v) is 2.19. The van der Waals surface area contributed by atoms with Gasteiger partial charge in [-0.15, -0.1) is 0 Å². The fourth-order valence-electron chi connectivity index (χ4n) is 2.19. The van der Waals surface area contributed by atoms with Gasteiger partial charge < -0.3 is 5.32 Å². The van der Waals surface area contributed by atoms with Crippen LogP contribution in [0.1, 0.15) is 26.3 Å². The zero-order valence-electron chi connectivity index (χ0n) is 13.7. The normalized spacial score (nSPS) is 11.2. The van der Waals surface area contributed by atoms with E-state index in [4.69, 9.17) is 0 Å². The smallest absolute Gasteiger partial charge is 0.300 e. The zero-order valence-corrected chi connectivity index (χ0v) is 13.7. The van der Waals surface area contributed by atoms with Gasteiger partial charge >= 0.3 is 0 Å². The molecule has 0 heterocycles. The van der Waals surface area contributed by atoms with E-state index in [1.54, 1.807) is 20.8 Å². The Morgan fingerprint density at radius 2 is 1.48 bits per heavy atom. The molecule has 0 aliphatic rings. The van der Waals surface area contributed by atoms with E-state index >= 15 is 0 Å². The van der Waals surface area contributed by atoms with Gasteiger partial charge in [0.2, 0.25) is 0 Å². The highest BCUT2D eigenvalue weighted by molar-refractivity contribution is 5.80. The van der Waals surface area contributed by atoms with Gasteiger partial charge in [-0.05, 0) is 23.1 Å². The Kier molecular flexibility index (Phi) is 4.69. The first-order valence-electron chi connectivity index (χ1n) is 7.20. The van der Waals surface area contributed by atoms with Crippen molar-refractivity contribution in [1.29, 1.82) is 0 Å². The highest BCUT2D eigenvalue weighted by Crippen LogP contribution is 2.41. The van der Waals surface area contributed by atoms with Gasteiger partial charge in [-0.3, -0.25) is 20.2 Å². The molecule has 132 valence electrons. The molecule has 0 bridgehead atoms. The van der Waals surface area contributed by atoms with Crippen LogP contribution in [0.15, 0.2) is 30.3 Å². The van der Waals surface area contributed by atoms with Crippen LogP contribution < -0.4 is 5.32 Å². The number of benzene rings is 2. The van der Waals surface area contributed by atoms with Gasteiger partial charge in [0.25, 0.3) is 11.4 Å². The first-order chi connectivity index (χ1) is 11.5. The molecule has 0 saturated carbocycles. The SMILES string of the molecule is CC(C)(C)c1cc([N+](=O)[O-])c(Nc2ccc(F)cc2F)c([N+](=O)[O-])c1. The maximum Gasteiger partial charge on any atom is 0.300 e. The molecule has 0 saturated heterocycles. The van der Waals surface area contributed by atoms with E-state index in [2.05, 4.69) is 5.32 Å². The van der Waals surface area contributed by atoms with Crippen LogP contribution in [0.5, 0.6) is 0 Å². The Hall–Kier alpha value is -3.10. The lowest BCUT2D eigenvalue weighted by Gasteiger charge is -2.19. The van der Waals surface area contributed by atoms with Gasteiger partial charge in [0.05, 0.1) is 15.5 Å². The molecule has 25 heavy (non-hydrogen) atoms. The van der Waals surface area contributed by atoms with Crippen molar-refractivity contribution in [3.05, 3.63) is 67.8 Å². The lowest BCUT2D eigenvalue weighted by atomic mass is 9.86. The first-order valence-corrected chi connectivity index (χ1v) is 7.20. The molecule has 0 aliphatic carbocycles. The molecule has 0 unspecified atom stereocenters. The summed E-state index contributed by atoms with van der Waals surface area (Å²) >= 11 is 0. The summed E-state index contributed by atoms with van der Waals surface area (Å²) in [5, 5.41) is 25.1. The second kappa shape index (κ2) is 6.42. The largest absolute Gasteiger partial charge is 0.342 e. The van der Waals surface area contributed by atoms with Crippen molar-refractivity contribution in [2.45, 2.75) is 26.2 Å². The number of nitrogens with zero attached hydrogens (tertiary/aromatic N) is 2. The zero-order chi connectivity index (χ0) is 18.9. The second-order valence-corrected chi connectivity index (χ2v) is 6.40. The van der Waals surface area contributed by atoms with E-state index < -0.39 is 44.0 Å². The highest BCUT2D eigenvalue weighted by atomic mass is 19.1. The molecular formula is C16H15F2N3O4. The van der Waals surface area contributed by atoms with E-state index in [0.29, 0.717) is 11.6 Å². The molecule has 7 nitrogen and oxygen atoms in total. The quantitative estimate of drug-likeness (QED) is 0.629. The Balaban J connectivity index is 2.70. The molecule has 0 atom stereocenters. The van der Waals surface area contributed by atoms with Crippen LogP contribution in [-0.4, -0.2) is 9.85 Å². The molecular weight excluding hydrogens is 336 g/mol. The fraction of sp³-hybridized carbons (Fsp3) is 0.250. The molecule has 0 fully saturated rings. The Morgan fingerprint density at radius 1 is 0.960 bits per heavy atom. The molecule has 0 aromatic heterocycles. The van der Waals surface area contributed by atoms with E-state index in [1.165, 1.54) is 12.1 Å². The number of anilines is 2. The van der Waals surface area contributed by atoms with E-state index in [-0.39, 0.29) is 5.69 Å². The van der Waals surface area contributed by atoms with E-state index in [0.717, 1.165) is 12.1 Å². The van der Waals surface area contributed by atoms with Gasteiger partial charge in [-0.1, -0.05) is 20.8 Å². The third kappa shape index (κ3) is 3.87. The topological polar surface area (TPSA) is 98.3 Å². The summed E-state index contributed by atoms with van der Waals surface area (Å²) in [6.45, 7) is 5.26. The summed E-state index contributed by atoms with van der Waals surface area (Å²) in [6, 6.07) is 4.93. The number of rotatable bonds is 4. The van der Waals surface area contributed by atoms with Gasteiger partial charge in [-0.25, -0.2) is 8.78 Å². The number of nitro groups is 2. The molecule has 2 aromatic carbocycles. The monoisotopic (exact) mass is 351 g/mol. The lowest BCUT2D eigenvalue weighted by molar-refractivity contribution is -0.392. The van der Waals surface area contributed by atoms with Crippen LogP contribution in [0, 0.1) is 31.9 Å². The standard InChI is InChI=1S/C16H15F2N3O4/c1-16(2,3)9-6-13(20(22)23)15(14(7-9)21(24)25)19-12-5-4-10(17)8-11(12)18/h4-8,19H,1-3H3. The van der Waals surface area contributed by atoms with Gasteiger partial charge in [0.15, 0.2) is 5.69 Å². The number of nitrogens with one attached hydrogen (secondary N) is 1. The van der Waals surface area contributed by atoms with Gasteiger partial charge in [-0.2, -0.15) is 0 Å². The van der Waals surface area contributed by atoms with Crippen molar-refractivity contribution in [3.63, 3.8) is 0 Å². The van der Waals surface area contributed by atoms with Crippen molar-refractivity contribution < 1.29 is 18.6 Å². The second-order valence-electron chi connectivity index (χ2n) is 6.40. The maximum absolute atomic E-state index is 13.8. The van der Waals surface area contributed by atoms with Crippen LogP contribution >= 0.6 is 0 Å². The lowest BCUT2D eigenvalue weighted by Crippen LogP contribution is -2.13. The molecule has 9 heteroatoms. The van der Waals surface area contributed by atoms with Crippen molar-refractivity contribution in [2.75, 3.05) is 5.32 Å². The number of halogens is 2. The molecule has 2 rings (SSSR count). The minimum atomic E-state index is -1.02. The minimum absolute atomic E-state index is 0.309. The number of nitro benzene ring substituents is 2. The van der Waals surface area contributed by atoms with Crippen LogP contribution in [0.2, 0.25) is 0 Å². The predicted octanol–water partition coefficient (Wildman–Crippen LogP) is 4.82. The van der Waals surface area contributed by atoms with E-state index in [9.17, 15) is 29.0 Å². The molecule has 0 aliphatic heterocycles. The Morgan fingerprint density at radius 3 is 1.88 bits per heavy atom. The third-order valence-corrected chi connectivity index (χ3v) is 3.55. The summed E-state index contributed by atoms with van der Waals surface area (Å²) < 4.78 is 26.8. The number of hydrogen-bond acceptors (Lipinski definition) is 5. The maximum atomic E-state index is 13.8. The first kappa shape index (κ1) is 18.2. The summed E-state index contributed by atoms with van der Waals surface area (Å²) in [5.74, 6) is -1.86. The van der Waals surface area contributed by atoms with Crippen LogP contribution in [-0.2, 0) is 5.41 Å². The Labute approximate surface area is 141 Å². The van der Waals surface area contributed by atoms with Crippen molar-refractivity contribution in [2.24, 2.45) is 0 Å². The third-order valence-electron chi connectivity index (χ3n) is 3.55. The summed E-state index contributed by atoms with van der Waals surface area (Å²) in [4.78, 5) is 21.2. The van der Waals surface area contributed by atoms with Crippen LogP contribution in [0.4, 0.5) is 31.5 Å². The van der Waals surface area contributed by atoms with Gasteiger partial charge in [0, 0.05) is 18.2 Å². The summed E-state index contributed by atoms with van der Waals surface area (Å²) in [7, 11) is 0. The van der Waals surface area contributed by atoms with Crippen LogP contribution in [0.25, 0.3) is 0 Å². The average molecular weight is 351 g/mol. The molecule has 0 amide bonds. The Bertz CT molecular complexity index is 828. The van der Waals surface area contributed by atoms with Crippen molar-refractivity contribution in [3.8, 4) is 0 Å².